The number of aromatic carboxylic acids is 1. The summed E-state index contributed by atoms with van der Waals surface area (Å²) in [6.45, 7) is 0. The van der Waals surface area contributed by atoms with Gasteiger partial charge in [-0.25, -0.2) is 9.36 Å². The molecule has 3 heterocycles. The number of aromatic nitrogens is 1. The van der Waals surface area contributed by atoms with E-state index < -0.39 is 5.97 Å². The molecule has 0 radical (unpaired) electrons. The van der Waals surface area contributed by atoms with E-state index in [0.29, 0.717) is 12.0 Å². The number of carboxylic acid groups (broad SMARTS) is 1. The molecular weight excluding hydrogens is 264 g/mol. The number of thioether (sulfide) groups is 1. The van der Waals surface area contributed by atoms with Crippen LogP contribution in [0.2, 0.25) is 0 Å². The maximum Gasteiger partial charge on any atom is 0.336 e. The van der Waals surface area contributed by atoms with Crippen molar-refractivity contribution in [3.05, 3.63) is 35.8 Å². The van der Waals surface area contributed by atoms with Crippen LogP contribution in [0, 0.1) is 0 Å². The van der Waals surface area contributed by atoms with Gasteiger partial charge in [-0.1, -0.05) is 0 Å². The van der Waals surface area contributed by atoms with Gasteiger partial charge in [0.15, 0.2) is 12.4 Å². The molecule has 1 saturated heterocycles. The summed E-state index contributed by atoms with van der Waals surface area (Å²) in [4.78, 5) is 24.4. The molecule has 0 bridgehead atoms. The summed E-state index contributed by atoms with van der Waals surface area (Å²) >= 11 is 1.68. The van der Waals surface area contributed by atoms with E-state index in [1.54, 1.807) is 41.3 Å². The molecule has 0 spiro atoms. The fourth-order valence-corrected chi connectivity index (χ4v) is 3.48. The second kappa shape index (κ2) is 4.38. The first-order chi connectivity index (χ1) is 9.06. The fourth-order valence-electron chi connectivity index (χ4n) is 2.27. The zero-order valence-corrected chi connectivity index (χ0v) is 11.2. The smallest absolute Gasteiger partial charge is 0.336 e. The molecule has 0 aromatic carbocycles. The molecule has 1 atom stereocenters. The SMILES string of the molecule is C[n+]1ccc(C(=O)O)c(C2=CN3C(=O)C[C@H]3SC2)c1. The highest BCUT2D eigenvalue weighted by molar-refractivity contribution is 8.00. The average Bonchev–Trinajstić information content (AvgIpc) is 2.37. The van der Waals surface area contributed by atoms with Crippen molar-refractivity contribution in [1.29, 1.82) is 0 Å². The monoisotopic (exact) mass is 277 g/mol. The first-order valence-electron chi connectivity index (χ1n) is 5.92. The lowest BCUT2D eigenvalue weighted by Gasteiger charge is -2.41. The number of fused-ring (bicyclic) bond motifs is 1. The van der Waals surface area contributed by atoms with E-state index in [1.165, 1.54) is 0 Å². The summed E-state index contributed by atoms with van der Waals surface area (Å²) in [7, 11) is 1.85. The van der Waals surface area contributed by atoms with Gasteiger partial charge in [-0.2, -0.15) is 0 Å². The van der Waals surface area contributed by atoms with Gasteiger partial charge in [0.05, 0.1) is 22.9 Å². The molecule has 2 aliphatic rings. The van der Waals surface area contributed by atoms with Gasteiger partial charge in [0.2, 0.25) is 5.91 Å². The molecule has 1 aromatic heterocycles. The van der Waals surface area contributed by atoms with Gasteiger partial charge in [-0.3, -0.25) is 4.79 Å². The largest absolute Gasteiger partial charge is 0.478 e. The Morgan fingerprint density at radius 1 is 1.58 bits per heavy atom. The molecule has 2 aliphatic heterocycles. The number of hydrogen-bond acceptors (Lipinski definition) is 3. The van der Waals surface area contributed by atoms with Crippen molar-refractivity contribution >= 4 is 29.2 Å². The lowest BCUT2D eigenvalue weighted by molar-refractivity contribution is -0.671. The van der Waals surface area contributed by atoms with Gasteiger partial charge in [-0.05, 0) is 5.57 Å². The fraction of sp³-hybridized carbons (Fsp3) is 0.308. The molecule has 0 saturated carbocycles. The molecule has 1 amide bonds. The number of carbonyl (C=O) groups excluding carboxylic acids is 1. The van der Waals surface area contributed by atoms with Crippen molar-refractivity contribution in [3.63, 3.8) is 0 Å². The van der Waals surface area contributed by atoms with Crippen LogP contribution in [-0.2, 0) is 11.8 Å². The summed E-state index contributed by atoms with van der Waals surface area (Å²) in [6, 6.07) is 1.59. The lowest BCUT2D eigenvalue weighted by Crippen LogP contribution is -2.49. The number of carbonyl (C=O) groups is 2. The molecule has 1 fully saturated rings. The number of aryl methyl sites for hydroxylation is 1. The summed E-state index contributed by atoms with van der Waals surface area (Å²) < 4.78 is 1.82. The Morgan fingerprint density at radius 3 is 3.05 bits per heavy atom. The summed E-state index contributed by atoms with van der Waals surface area (Å²) in [6.07, 6.45) is 5.89. The molecule has 0 unspecified atom stereocenters. The highest BCUT2D eigenvalue weighted by Gasteiger charge is 2.38. The Balaban J connectivity index is 2.04. The third kappa shape index (κ3) is 2.02. The molecular formula is C13H13N2O3S+. The highest BCUT2D eigenvalue weighted by Crippen LogP contribution is 2.38. The number of hydrogen-bond donors (Lipinski definition) is 1. The third-order valence-corrected chi connectivity index (χ3v) is 4.61. The van der Waals surface area contributed by atoms with E-state index in [2.05, 4.69) is 0 Å². The molecule has 1 aromatic rings. The number of amides is 1. The zero-order valence-electron chi connectivity index (χ0n) is 10.4. The van der Waals surface area contributed by atoms with Crippen LogP contribution < -0.4 is 4.57 Å². The molecule has 1 N–H and O–H groups in total. The van der Waals surface area contributed by atoms with Crippen LogP contribution in [0.1, 0.15) is 22.3 Å². The Bertz CT molecular complexity index is 612. The van der Waals surface area contributed by atoms with Crippen LogP contribution >= 0.6 is 11.8 Å². The predicted molar refractivity (Wildman–Crippen MR) is 70.3 cm³/mol. The van der Waals surface area contributed by atoms with Crippen molar-refractivity contribution in [2.45, 2.75) is 11.8 Å². The van der Waals surface area contributed by atoms with Gasteiger partial charge in [0, 0.05) is 18.0 Å². The summed E-state index contributed by atoms with van der Waals surface area (Å²) in [5.41, 5.74) is 1.85. The lowest BCUT2D eigenvalue weighted by atomic mass is 10.0. The van der Waals surface area contributed by atoms with Gasteiger partial charge in [0.25, 0.3) is 0 Å². The van der Waals surface area contributed by atoms with Gasteiger partial charge in [0.1, 0.15) is 7.05 Å². The third-order valence-electron chi connectivity index (χ3n) is 3.35. The van der Waals surface area contributed by atoms with Gasteiger partial charge in [-0.15, -0.1) is 11.8 Å². The predicted octanol–water partition coefficient (Wildman–Crippen LogP) is 0.855. The van der Waals surface area contributed by atoms with Crippen LogP contribution in [0.15, 0.2) is 24.7 Å². The van der Waals surface area contributed by atoms with Crippen molar-refractivity contribution < 1.29 is 19.3 Å². The maximum atomic E-state index is 11.5. The quantitative estimate of drug-likeness (QED) is 0.643. The van der Waals surface area contributed by atoms with Crippen LogP contribution in [0.5, 0.6) is 0 Å². The summed E-state index contributed by atoms with van der Waals surface area (Å²) in [5.74, 6) is -0.107. The average molecular weight is 277 g/mol. The molecule has 5 nitrogen and oxygen atoms in total. The minimum Gasteiger partial charge on any atom is -0.478 e. The maximum absolute atomic E-state index is 11.5. The van der Waals surface area contributed by atoms with E-state index in [-0.39, 0.29) is 16.8 Å². The van der Waals surface area contributed by atoms with E-state index in [0.717, 1.165) is 11.3 Å². The molecule has 6 heteroatoms. The summed E-state index contributed by atoms with van der Waals surface area (Å²) in [5, 5.41) is 9.49. The molecule has 3 rings (SSSR count). The molecule has 19 heavy (non-hydrogen) atoms. The first kappa shape index (κ1) is 12.2. The van der Waals surface area contributed by atoms with Crippen molar-refractivity contribution in [2.24, 2.45) is 7.05 Å². The minimum atomic E-state index is -0.946. The van der Waals surface area contributed by atoms with Crippen LogP contribution in [-0.4, -0.2) is 33.0 Å². The number of rotatable bonds is 2. The Morgan fingerprint density at radius 2 is 2.37 bits per heavy atom. The Kier molecular flexibility index (Phi) is 2.82. The second-order valence-electron chi connectivity index (χ2n) is 4.67. The minimum absolute atomic E-state index is 0.104. The van der Waals surface area contributed by atoms with E-state index in [4.69, 9.17) is 0 Å². The number of nitrogens with zero attached hydrogens (tertiary/aromatic N) is 2. The van der Waals surface area contributed by atoms with Crippen molar-refractivity contribution in [2.75, 3.05) is 5.75 Å². The number of pyridine rings is 1. The zero-order chi connectivity index (χ0) is 13.6. The Labute approximate surface area is 114 Å². The molecule has 0 aliphatic carbocycles. The van der Waals surface area contributed by atoms with Crippen LogP contribution in [0.4, 0.5) is 0 Å². The van der Waals surface area contributed by atoms with Gasteiger partial charge < -0.3 is 10.0 Å². The first-order valence-corrected chi connectivity index (χ1v) is 6.97. The number of β-lactam (4-membered cyclic amide) rings is 1. The molecule has 98 valence electrons. The van der Waals surface area contributed by atoms with Crippen molar-refractivity contribution in [1.82, 2.24) is 4.90 Å². The second-order valence-corrected chi connectivity index (χ2v) is 5.83. The van der Waals surface area contributed by atoms with E-state index in [1.807, 2.05) is 11.6 Å². The normalized spacial score (nSPS) is 21.5. The standard InChI is InChI=1S/C13H12N2O3S/c1-14-3-2-9(13(17)18)10(6-14)8-5-15-11(16)4-12(15)19-7-8/h2-3,5-6,12H,4,7H2,1H3/p+1/t12-/m1/s1. The topological polar surface area (TPSA) is 61.5 Å². The van der Waals surface area contributed by atoms with Crippen LogP contribution in [0.3, 0.4) is 0 Å². The van der Waals surface area contributed by atoms with Crippen molar-refractivity contribution in [3.8, 4) is 0 Å². The van der Waals surface area contributed by atoms with Crippen LogP contribution in [0.25, 0.3) is 5.57 Å². The van der Waals surface area contributed by atoms with Gasteiger partial charge >= 0.3 is 5.97 Å². The number of carboxylic acids is 1. The Hall–Kier alpha value is -1.82. The highest BCUT2D eigenvalue weighted by atomic mass is 32.2. The van der Waals surface area contributed by atoms with E-state index >= 15 is 0 Å². The van der Waals surface area contributed by atoms with E-state index in [9.17, 15) is 14.7 Å².